The van der Waals surface area contributed by atoms with E-state index in [4.69, 9.17) is 10.6 Å². The van der Waals surface area contributed by atoms with E-state index in [1.807, 2.05) is 0 Å². The van der Waals surface area contributed by atoms with E-state index >= 15 is 0 Å². The highest BCUT2D eigenvalue weighted by Crippen LogP contribution is 2.21. The molecule has 0 atom stereocenters. The fourth-order valence-electron chi connectivity index (χ4n) is 1.09. The van der Waals surface area contributed by atoms with Crippen LogP contribution in [0.2, 0.25) is 0 Å². The third kappa shape index (κ3) is 3.25. The van der Waals surface area contributed by atoms with Gasteiger partial charge in [0.1, 0.15) is 0 Å². The number of nitrogens with zero attached hydrogens (tertiary/aromatic N) is 3. The van der Waals surface area contributed by atoms with Gasteiger partial charge in [-0.2, -0.15) is 4.39 Å². The van der Waals surface area contributed by atoms with Crippen LogP contribution in [0.4, 0.5) is 8.78 Å². The molecule has 0 aliphatic carbocycles. The van der Waals surface area contributed by atoms with Crippen molar-refractivity contribution in [2.75, 3.05) is 6.54 Å². The van der Waals surface area contributed by atoms with Crippen LogP contribution in [-0.4, -0.2) is 11.7 Å². The maximum absolute atomic E-state index is 12.8. The van der Waals surface area contributed by atoms with Crippen molar-refractivity contribution in [2.24, 2.45) is 5.11 Å². The summed E-state index contributed by atoms with van der Waals surface area (Å²) >= 11 is 0. The first-order valence-electron chi connectivity index (χ1n) is 4.50. The van der Waals surface area contributed by atoms with Crippen molar-refractivity contribution in [3.63, 3.8) is 0 Å². The molecule has 1 aromatic rings. The molecule has 0 aromatic heterocycles. The van der Waals surface area contributed by atoms with Gasteiger partial charge in [-0.3, -0.25) is 0 Å². The Morgan fingerprint density at radius 2 is 2.19 bits per heavy atom. The largest absolute Gasteiger partial charge is 0.505 e. The summed E-state index contributed by atoms with van der Waals surface area (Å²) in [5, 5.41) is 12.3. The van der Waals surface area contributed by atoms with Gasteiger partial charge in [-0.05, 0) is 29.6 Å². The lowest BCUT2D eigenvalue weighted by atomic mass is 10.1. The van der Waals surface area contributed by atoms with Crippen LogP contribution in [-0.2, 0) is 0 Å². The Bertz CT molecular complexity index is 430. The number of hydrogen-bond acceptors (Lipinski definition) is 2. The molecule has 4 nitrogen and oxygen atoms in total. The fraction of sp³-hybridized carbons (Fsp3) is 0.200. The van der Waals surface area contributed by atoms with Crippen LogP contribution in [0, 0.1) is 11.6 Å². The number of phenols is 1. The third-order valence-electron chi connectivity index (χ3n) is 1.80. The van der Waals surface area contributed by atoms with E-state index in [2.05, 4.69) is 10.0 Å². The molecule has 0 spiro atoms. The molecule has 84 valence electrons. The first kappa shape index (κ1) is 12.0. The third-order valence-corrected chi connectivity index (χ3v) is 1.80. The summed E-state index contributed by atoms with van der Waals surface area (Å²) in [6.07, 6.45) is 3.64. The van der Waals surface area contributed by atoms with Crippen molar-refractivity contribution in [3.05, 3.63) is 45.8 Å². The van der Waals surface area contributed by atoms with Gasteiger partial charge >= 0.3 is 0 Å². The van der Waals surface area contributed by atoms with Gasteiger partial charge in [0, 0.05) is 11.5 Å². The zero-order chi connectivity index (χ0) is 12.0. The molecule has 0 radical (unpaired) electrons. The number of hydrogen-bond donors (Lipinski definition) is 1. The normalized spacial score (nSPS) is 10.4. The Kier molecular flexibility index (Phi) is 4.29. The molecule has 1 N–H and O–H groups in total. The molecule has 0 fully saturated rings. The SMILES string of the molecule is [N-]=[N+]=NCCC=Cc1cc(O)c(F)c(F)c1. The standard InChI is InChI=1S/C10H9F2N3O/c11-8-5-7(6-9(16)10(8)12)3-1-2-4-14-15-13/h1,3,5-6,16H,2,4H2. The number of phenolic OH excluding ortho intramolecular Hbond substituents is 1. The number of halogens is 2. The Balaban J connectivity index is 2.71. The summed E-state index contributed by atoms with van der Waals surface area (Å²) in [6.45, 7) is 0.294. The highest BCUT2D eigenvalue weighted by atomic mass is 19.2. The number of azide groups is 1. The molecular weight excluding hydrogens is 216 g/mol. The van der Waals surface area contributed by atoms with Gasteiger partial charge in [-0.1, -0.05) is 17.3 Å². The lowest BCUT2D eigenvalue weighted by Crippen LogP contribution is -1.86. The maximum atomic E-state index is 12.8. The molecule has 0 unspecified atom stereocenters. The van der Waals surface area contributed by atoms with Crippen molar-refractivity contribution in [2.45, 2.75) is 6.42 Å². The van der Waals surface area contributed by atoms with E-state index in [0.717, 1.165) is 12.1 Å². The minimum atomic E-state index is -1.26. The van der Waals surface area contributed by atoms with Crippen LogP contribution in [0.25, 0.3) is 16.5 Å². The summed E-state index contributed by atoms with van der Waals surface area (Å²) in [6, 6.07) is 2.08. The van der Waals surface area contributed by atoms with Gasteiger partial charge in [0.15, 0.2) is 17.4 Å². The maximum Gasteiger partial charge on any atom is 0.200 e. The van der Waals surface area contributed by atoms with E-state index in [0.29, 0.717) is 18.5 Å². The molecule has 0 aliphatic rings. The minimum absolute atomic E-state index is 0.294. The van der Waals surface area contributed by atoms with E-state index in [1.165, 1.54) is 6.08 Å². The fourth-order valence-corrected chi connectivity index (χ4v) is 1.09. The van der Waals surface area contributed by atoms with Crippen LogP contribution in [0.1, 0.15) is 12.0 Å². The number of benzene rings is 1. The lowest BCUT2D eigenvalue weighted by molar-refractivity contribution is 0.407. The van der Waals surface area contributed by atoms with Gasteiger partial charge in [0.05, 0.1) is 0 Å². The summed E-state index contributed by atoms with van der Waals surface area (Å²) in [7, 11) is 0. The van der Waals surface area contributed by atoms with Crippen LogP contribution in [0.3, 0.4) is 0 Å². The molecular formula is C10H9F2N3O. The quantitative estimate of drug-likeness (QED) is 0.363. The average Bonchev–Trinajstić information content (AvgIpc) is 2.25. The lowest BCUT2D eigenvalue weighted by Gasteiger charge is -1.99. The van der Waals surface area contributed by atoms with Crippen LogP contribution >= 0.6 is 0 Å². The molecule has 1 aromatic carbocycles. The molecule has 0 aliphatic heterocycles. The summed E-state index contributed by atoms with van der Waals surface area (Å²) in [4.78, 5) is 2.56. The van der Waals surface area contributed by atoms with E-state index in [9.17, 15) is 8.78 Å². The summed E-state index contributed by atoms with van der Waals surface area (Å²) in [5.74, 6) is -3.09. The molecule has 1 rings (SSSR count). The molecule has 0 saturated heterocycles. The van der Waals surface area contributed by atoms with E-state index in [-0.39, 0.29) is 0 Å². The Morgan fingerprint density at radius 3 is 2.81 bits per heavy atom. The van der Waals surface area contributed by atoms with Crippen molar-refractivity contribution >= 4 is 6.08 Å². The average molecular weight is 225 g/mol. The second kappa shape index (κ2) is 5.72. The summed E-state index contributed by atoms with van der Waals surface area (Å²) < 4.78 is 25.5. The molecule has 0 amide bonds. The van der Waals surface area contributed by atoms with Gasteiger partial charge in [0.25, 0.3) is 0 Å². The zero-order valence-electron chi connectivity index (χ0n) is 8.27. The highest BCUT2D eigenvalue weighted by molar-refractivity contribution is 5.52. The van der Waals surface area contributed by atoms with Crippen molar-refractivity contribution < 1.29 is 13.9 Å². The number of aromatic hydroxyl groups is 1. The Labute approximate surface area is 90.5 Å². The molecule has 0 heterocycles. The second-order valence-corrected chi connectivity index (χ2v) is 2.98. The topological polar surface area (TPSA) is 69.0 Å². The smallest absolute Gasteiger partial charge is 0.200 e. The van der Waals surface area contributed by atoms with Gasteiger partial charge < -0.3 is 5.11 Å². The van der Waals surface area contributed by atoms with E-state index < -0.39 is 17.4 Å². The monoisotopic (exact) mass is 225 g/mol. The molecule has 0 saturated carbocycles. The molecule has 0 bridgehead atoms. The number of rotatable bonds is 4. The predicted molar refractivity (Wildman–Crippen MR) is 55.7 cm³/mol. The van der Waals surface area contributed by atoms with Crippen molar-refractivity contribution in [3.8, 4) is 5.75 Å². The van der Waals surface area contributed by atoms with Gasteiger partial charge in [-0.15, -0.1) is 0 Å². The van der Waals surface area contributed by atoms with Crippen molar-refractivity contribution in [1.29, 1.82) is 0 Å². The van der Waals surface area contributed by atoms with Gasteiger partial charge in [0.2, 0.25) is 0 Å². The van der Waals surface area contributed by atoms with E-state index in [1.54, 1.807) is 6.08 Å². The summed E-state index contributed by atoms with van der Waals surface area (Å²) in [5.41, 5.74) is 8.34. The van der Waals surface area contributed by atoms with Gasteiger partial charge in [-0.25, -0.2) is 4.39 Å². The Hall–Kier alpha value is -2.07. The highest BCUT2D eigenvalue weighted by Gasteiger charge is 2.07. The molecule has 6 heteroatoms. The first-order chi connectivity index (χ1) is 7.65. The molecule has 16 heavy (non-hydrogen) atoms. The van der Waals surface area contributed by atoms with Crippen LogP contribution in [0.15, 0.2) is 23.3 Å². The Morgan fingerprint density at radius 1 is 1.44 bits per heavy atom. The van der Waals surface area contributed by atoms with Crippen LogP contribution in [0.5, 0.6) is 5.75 Å². The predicted octanol–water partition coefficient (Wildman–Crippen LogP) is 3.38. The second-order valence-electron chi connectivity index (χ2n) is 2.98. The van der Waals surface area contributed by atoms with Crippen molar-refractivity contribution in [1.82, 2.24) is 0 Å². The zero-order valence-corrected chi connectivity index (χ0v) is 8.27. The van der Waals surface area contributed by atoms with Crippen LogP contribution < -0.4 is 0 Å². The minimum Gasteiger partial charge on any atom is -0.505 e. The first-order valence-corrected chi connectivity index (χ1v) is 4.50.